The van der Waals surface area contributed by atoms with Crippen LogP contribution in [-0.4, -0.2) is 58.2 Å². The normalized spacial score (nSPS) is 16.9. The Labute approximate surface area is 154 Å². The molecule has 0 saturated heterocycles. The molecule has 0 bridgehead atoms. The maximum atomic E-state index is 11.6. The monoisotopic (exact) mass is 371 g/mol. The largest absolute Gasteiger partial charge is 0.493 e. The van der Waals surface area contributed by atoms with Crippen molar-refractivity contribution in [1.29, 1.82) is 0 Å². The van der Waals surface area contributed by atoms with Gasteiger partial charge in [0.25, 0.3) is 0 Å². The van der Waals surface area contributed by atoms with Crippen LogP contribution in [0.2, 0.25) is 0 Å². The Morgan fingerprint density at radius 2 is 1.88 bits per heavy atom. The third-order valence-corrected chi connectivity index (χ3v) is 3.28. The third-order valence-electron chi connectivity index (χ3n) is 3.28. The Kier molecular flexibility index (Phi) is 8.98. The van der Waals surface area contributed by atoms with E-state index in [1.54, 1.807) is 32.9 Å². The molecule has 1 aliphatic carbocycles. The maximum Gasteiger partial charge on any atom is 0.407 e. The molecule has 1 rings (SSSR count). The molecule has 0 aromatic rings. The highest BCUT2D eigenvalue weighted by Gasteiger charge is 2.23. The molecule has 1 unspecified atom stereocenters. The highest BCUT2D eigenvalue weighted by atomic mass is 16.6. The van der Waals surface area contributed by atoms with Crippen LogP contribution in [0.1, 0.15) is 27.2 Å². The Morgan fingerprint density at radius 1 is 1.15 bits per heavy atom. The Morgan fingerprint density at radius 3 is 2.50 bits per heavy atom. The van der Waals surface area contributed by atoms with E-state index in [1.165, 1.54) is 14.2 Å². The lowest BCUT2D eigenvalue weighted by Crippen LogP contribution is -2.34. The molecule has 0 aromatic heterocycles. The highest BCUT2D eigenvalue weighted by Crippen LogP contribution is 2.25. The molecule has 8 heteroatoms. The van der Waals surface area contributed by atoms with Gasteiger partial charge in [0, 0.05) is 6.54 Å². The Hall–Kier alpha value is -2.22. The van der Waals surface area contributed by atoms with Crippen LogP contribution in [0.15, 0.2) is 23.7 Å². The number of allylic oxidation sites excluding steroid dienone is 1. The first-order chi connectivity index (χ1) is 12.3. The molecule has 0 heterocycles. The molecule has 0 spiro atoms. The van der Waals surface area contributed by atoms with E-state index in [1.807, 2.05) is 0 Å². The van der Waals surface area contributed by atoms with Crippen LogP contribution in [0.5, 0.6) is 0 Å². The van der Waals surface area contributed by atoms with Gasteiger partial charge in [0.1, 0.15) is 12.2 Å². The topological polar surface area (TPSA) is 92.3 Å². The summed E-state index contributed by atoms with van der Waals surface area (Å²) in [7, 11) is 2.87. The van der Waals surface area contributed by atoms with Gasteiger partial charge in [-0.25, -0.2) is 4.79 Å². The summed E-state index contributed by atoms with van der Waals surface area (Å²) < 4.78 is 26.1. The average molecular weight is 371 g/mol. The van der Waals surface area contributed by atoms with Gasteiger partial charge in [-0.2, -0.15) is 0 Å². The lowest BCUT2D eigenvalue weighted by molar-refractivity contribution is -0.143. The molecule has 0 saturated carbocycles. The maximum absolute atomic E-state index is 11.6. The van der Waals surface area contributed by atoms with Gasteiger partial charge in [0.05, 0.1) is 33.4 Å². The van der Waals surface area contributed by atoms with Gasteiger partial charge in [-0.3, -0.25) is 4.79 Å². The van der Waals surface area contributed by atoms with E-state index in [9.17, 15) is 9.59 Å². The van der Waals surface area contributed by atoms with E-state index >= 15 is 0 Å². The number of ether oxygens (including phenoxy) is 5. The van der Waals surface area contributed by atoms with Crippen LogP contribution < -0.4 is 5.32 Å². The molecule has 0 aliphatic heterocycles. The first kappa shape index (κ1) is 21.8. The van der Waals surface area contributed by atoms with E-state index in [4.69, 9.17) is 23.7 Å². The minimum atomic E-state index is -0.522. The predicted molar refractivity (Wildman–Crippen MR) is 94.3 cm³/mol. The summed E-state index contributed by atoms with van der Waals surface area (Å²) in [5.41, 5.74) is -0.522. The van der Waals surface area contributed by atoms with Crippen LogP contribution in [0.4, 0.5) is 4.79 Å². The van der Waals surface area contributed by atoms with E-state index in [0.717, 1.165) is 0 Å². The fourth-order valence-corrected chi connectivity index (χ4v) is 2.13. The van der Waals surface area contributed by atoms with Crippen LogP contribution in [0.3, 0.4) is 0 Å². The van der Waals surface area contributed by atoms with Crippen molar-refractivity contribution in [3.63, 3.8) is 0 Å². The van der Waals surface area contributed by atoms with Crippen molar-refractivity contribution >= 4 is 12.1 Å². The van der Waals surface area contributed by atoms with Gasteiger partial charge in [-0.05, 0) is 39.3 Å². The standard InChI is InChI=1S/C18H29NO7/c1-18(2,3)26-17(21)19-8-9-24-10-11-25-14-7-6-13(16(20)23-5)12-15(14)22-4/h7,12-13H,6,8-11H2,1-5H3,(H,19,21). The zero-order valence-corrected chi connectivity index (χ0v) is 16.1. The molecule has 1 N–H and O–H groups in total. The quantitative estimate of drug-likeness (QED) is 0.490. The van der Waals surface area contributed by atoms with E-state index in [2.05, 4.69) is 5.32 Å². The minimum Gasteiger partial charge on any atom is -0.493 e. The molecule has 0 aromatic carbocycles. The number of rotatable bonds is 9. The van der Waals surface area contributed by atoms with Crippen LogP contribution in [0.25, 0.3) is 0 Å². The number of carbonyl (C=O) groups excluding carboxylic acids is 2. The second kappa shape index (κ2) is 10.7. The van der Waals surface area contributed by atoms with Crippen molar-refractivity contribution < 1.29 is 33.3 Å². The number of alkyl carbamates (subject to hydrolysis) is 1. The van der Waals surface area contributed by atoms with Crippen molar-refractivity contribution in [2.45, 2.75) is 32.8 Å². The Balaban J connectivity index is 2.20. The smallest absolute Gasteiger partial charge is 0.407 e. The molecule has 8 nitrogen and oxygen atoms in total. The van der Waals surface area contributed by atoms with Gasteiger partial charge in [0.2, 0.25) is 0 Å². The SMILES string of the molecule is COC(=O)C1C=C(OC)C(OCCOCCNC(=O)OC(C)(C)C)=CC1. The van der Waals surface area contributed by atoms with E-state index in [0.29, 0.717) is 44.3 Å². The molecule has 26 heavy (non-hydrogen) atoms. The molecule has 0 radical (unpaired) electrons. The van der Waals surface area contributed by atoms with Gasteiger partial charge in [-0.15, -0.1) is 0 Å². The molecule has 1 amide bonds. The average Bonchev–Trinajstić information content (AvgIpc) is 2.58. The summed E-state index contributed by atoms with van der Waals surface area (Å²) in [6, 6.07) is 0. The van der Waals surface area contributed by atoms with Crippen molar-refractivity contribution in [3.8, 4) is 0 Å². The first-order valence-corrected chi connectivity index (χ1v) is 8.48. The number of carbonyl (C=O) groups is 2. The van der Waals surface area contributed by atoms with Crippen molar-refractivity contribution in [2.24, 2.45) is 5.92 Å². The van der Waals surface area contributed by atoms with Gasteiger partial charge < -0.3 is 29.0 Å². The second-order valence-electron chi connectivity index (χ2n) is 6.56. The zero-order valence-electron chi connectivity index (χ0n) is 16.1. The summed E-state index contributed by atoms with van der Waals surface area (Å²) in [5, 5.41) is 2.61. The number of amides is 1. The molecule has 0 fully saturated rings. The van der Waals surface area contributed by atoms with Gasteiger partial charge in [0.15, 0.2) is 11.5 Å². The Bertz CT molecular complexity index is 534. The first-order valence-electron chi connectivity index (χ1n) is 8.48. The fraction of sp³-hybridized carbons (Fsp3) is 0.667. The van der Waals surface area contributed by atoms with Crippen LogP contribution in [-0.2, 0) is 28.5 Å². The number of hydrogen-bond donors (Lipinski definition) is 1. The molecular weight excluding hydrogens is 342 g/mol. The summed E-state index contributed by atoms with van der Waals surface area (Å²) in [6.07, 6.45) is 3.51. The zero-order chi connectivity index (χ0) is 19.6. The molecular formula is C18H29NO7. The van der Waals surface area contributed by atoms with Crippen molar-refractivity contribution in [1.82, 2.24) is 5.32 Å². The lowest BCUT2D eigenvalue weighted by Gasteiger charge is -2.20. The van der Waals surface area contributed by atoms with Crippen LogP contribution >= 0.6 is 0 Å². The van der Waals surface area contributed by atoms with Crippen molar-refractivity contribution in [2.75, 3.05) is 40.6 Å². The summed E-state index contributed by atoms with van der Waals surface area (Å²) in [4.78, 5) is 23.0. The number of nitrogens with one attached hydrogen (secondary N) is 1. The van der Waals surface area contributed by atoms with Crippen LogP contribution in [0, 0.1) is 5.92 Å². The molecule has 1 atom stereocenters. The van der Waals surface area contributed by atoms with E-state index in [-0.39, 0.29) is 11.9 Å². The summed E-state index contributed by atoms with van der Waals surface area (Å²) >= 11 is 0. The number of esters is 1. The molecule has 148 valence electrons. The number of hydrogen-bond acceptors (Lipinski definition) is 7. The summed E-state index contributed by atoms with van der Waals surface area (Å²) in [6.45, 7) is 6.77. The number of methoxy groups -OCH3 is 2. The van der Waals surface area contributed by atoms with Gasteiger partial charge in [-0.1, -0.05) is 0 Å². The molecule has 1 aliphatic rings. The minimum absolute atomic E-state index is 0.310. The predicted octanol–water partition coefficient (Wildman–Crippen LogP) is 2.15. The lowest BCUT2D eigenvalue weighted by atomic mass is 9.99. The van der Waals surface area contributed by atoms with Crippen molar-refractivity contribution in [3.05, 3.63) is 23.7 Å². The highest BCUT2D eigenvalue weighted by molar-refractivity contribution is 5.75. The second-order valence-corrected chi connectivity index (χ2v) is 6.56. The van der Waals surface area contributed by atoms with Gasteiger partial charge >= 0.3 is 12.1 Å². The summed E-state index contributed by atoms with van der Waals surface area (Å²) in [5.74, 6) is 0.398. The van der Waals surface area contributed by atoms with E-state index < -0.39 is 11.7 Å². The fourth-order valence-electron chi connectivity index (χ4n) is 2.13. The third kappa shape index (κ3) is 8.24.